The number of benzene rings is 2. The lowest BCUT2D eigenvalue weighted by Crippen LogP contribution is -2.20. The number of Topliss-reactive ketones (excluding diaryl/α,β-unsaturated/α-hetero) is 1. The fraction of sp³-hybridized carbons (Fsp3) is 0.227. The van der Waals surface area contributed by atoms with Gasteiger partial charge in [-0.05, 0) is 22.6 Å². The van der Waals surface area contributed by atoms with Gasteiger partial charge in [0.2, 0.25) is 0 Å². The first-order valence-electron chi connectivity index (χ1n) is 8.72. The van der Waals surface area contributed by atoms with Crippen LogP contribution in [-0.2, 0) is 5.41 Å². The van der Waals surface area contributed by atoms with Gasteiger partial charge in [-0.1, -0.05) is 63.2 Å². The van der Waals surface area contributed by atoms with Crippen LogP contribution in [0.5, 0.6) is 5.75 Å². The van der Waals surface area contributed by atoms with Crippen molar-refractivity contribution < 1.29 is 9.90 Å². The maximum atomic E-state index is 11.9. The zero-order valence-electron chi connectivity index (χ0n) is 15.9. The van der Waals surface area contributed by atoms with Crippen LogP contribution in [0.4, 0.5) is 0 Å². The number of carbonyl (C=O) groups is 1. The number of aromatic hydroxyl groups is 1. The lowest BCUT2D eigenvalue weighted by molar-refractivity contribution is 0.100. The number of ketones is 1. The number of rotatable bonds is 3. The van der Waals surface area contributed by atoms with Gasteiger partial charge in [0.1, 0.15) is 0 Å². The summed E-state index contributed by atoms with van der Waals surface area (Å²) >= 11 is 0. The van der Waals surface area contributed by atoms with Crippen LogP contribution in [0.1, 0.15) is 43.7 Å². The summed E-state index contributed by atoms with van der Waals surface area (Å²) in [4.78, 5) is 23.6. The maximum absolute atomic E-state index is 11.9. The molecule has 0 aliphatic heterocycles. The van der Waals surface area contributed by atoms with E-state index < -0.39 is 17.0 Å². The van der Waals surface area contributed by atoms with E-state index in [1.165, 1.54) is 23.4 Å². The van der Waals surface area contributed by atoms with E-state index in [0.717, 1.165) is 11.1 Å². The van der Waals surface area contributed by atoms with Crippen LogP contribution < -0.4 is 5.43 Å². The van der Waals surface area contributed by atoms with Crippen LogP contribution in [0.15, 0.2) is 59.5 Å². The van der Waals surface area contributed by atoms with Crippen molar-refractivity contribution in [3.05, 3.63) is 76.2 Å². The third-order valence-electron chi connectivity index (χ3n) is 4.45. The highest BCUT2D eigenvalue weighted by Gasteiger charge is 2.16. The highest BCUT2D eigenvalue weighted by molar-refractivity contribution is 5.92. The molecule has 0 saturated carbocycles. The van der Waals surface area contributed by atoms with Gasteiger partial charge in [0.25, 0.3) is 5.43 Å². The number of para-hydroxylation sites is 1. The summed E-state index contributed by atoms with van der Waals surface area (Å²) in [5, 5.41) is 14.1. The molecule has 0 fully saturated rings. The van der Waals surface area contributed by atoms with Crippen molar-refractivity contribution >= 4 is 5.78 Å². The van der Waals surface area contributed by atoms with E-state index in [4.69, 9.17) is 0 Å². The molecular weight excluding hydrogens is 340 g/mol. The van der Waals surface area contributed by atoms with Crippen molar-refractivity contribution in [3.8, 4) is 22.6 Å². The zero-order valence-corrected chi connectivity index (χ0v) is 15.9. The van der Waals surface area contributed by atoms with Gasteiger partial charge in [-0.25, -0.2) is 4.68 Å². The van der Waals surface area contributed by atoms with Crippen LogP contribution in [-0.4, -0.2) is 20.7 Å². The van der Waals surface area contributed by atoms with Gasteiger partial charge >= 0.3 is 0 Å². The van der Waals surface area contributed by atoms with Crippen molar-refractivity contribution in [2.45, 2.75) is 33.1 Å². The molecule has 0 aliphatic rings. The second-order valence-electron chi connectivity index (χ2n) is 7.54. The molecule has 138 valence electrons. The lowest BCUT2D eigenvalue weighted by Gasteiger charge is -2.19. The van der Waals surface area contributed by atoms with Gasteiger partial charge in [-0.15, -0.1) is 0 Å². The fourth-order valence-corrected chi connectivity index (χ4v) is 2.90. The van der Waals surface area contributed by atoms with Gasteiger partial charge in [-0.3, -0.25) is 9.59 Å². The van der Waals surface area contributed by atoms with E-state index in [1.54, 1.807) is 0 Å². The number of aromatic nitrogens is 2. The zero-order chi connectivity index (χ0) is 19.8. The fourth-order valence-electron chi connectivity index (χ4n) is 2.90. The molecule has 5 nitrogen and oxygen atoms in total. The van der Waals surface area contributed by atoms with Gasteiger partial charge in [0.15, 0.2) is 17.2 Å². The summed E-state index contributed by atoms with van der Waals surface area (Å²) in [6.45, 7) is 7.73. The second kappa shape index (κ2) is 6.83. The summed E-state index contributed by atoms with van der Waals surface area (Å²) in [7, 11) is 0. The molecule has 0 bridgehead atoms. The van der Waals surface area contributed by atoms with Gasteiger partial charge in [-0.2, -0.15) is 5.10 Å². The summed E-state index contributed by atoms with van der Waals surface area (Å²) in [6, 6.07) is 15.8. The molecule has 3 rings (SSSR count). The lowest BCUT2D eigenvalue weighted by atomic mass is 9.86. The molecule has 1 aromatic heterocycles. The summed E-state index contributed by atoms with van der Waals surface area (Å²) in [6.07, 6.45) is 1.23. The monoisotopic (exact) mass is 362 g/mol. The van der Waals surface area contributed by atoms with E-state index in [-0.39, 0.29) is 11.1 Å². The predicted octanol–water partition coefficient (Wildman–Crippen LogP) is 4.11. The van der Waals surface area contributed by atoms with E-state index in [0.29, 0.717) is 5.69 Å². The number of carbonyl (C=O) groups excluding carboxylic acids is 1. The average Bonchev–Trinajstić information content (AvgIpc) is 2.63. The molecule has 3 aromatic rings. The quantitative estimate of drug-likeness (QED) is 0.712. The number of nitrogens with zero attached hydrogens (tertiary/aromatic N) is 2. The van der Waals surface area contributed by atoms with Crippen molar-refractivity contribution in [2.75, 3.05) is 0 Å². The summed E-state index contributed by atoms with van der Waals surface area (Å²) in [5.74, 6) is -0.996. The van der Waals surface area contributed by atoms with Crippen molar-refractivity contribution in [2.24, 2.45) is 0 Å². The minimum atomic E-state index is -0.759. The SMILES string of the molecule is CC(=O)c1nn(-c2ccccc2-c2ccc(C(C)(C)C)cc2)cc(O)c1=O. The normalized spacial score (nSPS) is 11.4. The first-order valence-corrected chi connectivity index (χ1v) is 8.72. The Morgan fingerprint density at radius 2 is 1.67 bits per heavy atom. The Bertz CT molecular complexity index is 1060. The Morgan fingerprint density at radius 1 is 1.04 bits per heavy atom. The largest absolute Gasteiger partial charge is 0.503 e. The van der Waals surface area contributed by atoms with E-state index in [9.17, 15) is 14.7 Å². The molecule has 0 spiro atoms. The van der Waals surface area contributed by atoms with Crippen LogP contribution in [0, 0.1) is 0 Å². The Balaban J connectivity index is 2.16. The van der Waals surface area contributed by atoms with Crippen LogP contribution in [0.3, 0.4) is 0 Å². The van der Waals surface area contributed by atoms with E-state index >= 15 is 0 Å². The van der Waals surface area contributed by atoms with Gasteiger partial charge in [0.05, 0.1) is 11.9 Å². The minimum Gasteiger partial charge on any atom is -0.503 e. The van der Waals surface area contributed by atoms with Gasteiger partial charge in [0, 0.05) is 12.5 Å². The molecule has 5 heteroatoms. The topological polar surface area (TPSA) is 72.2 Å². The molecule has 27 heavy (non-hydrogen) atoms. The highest BCUT2D eigenvalue weighted by Crippen LogP contribution is 2.29. The Kier molecular flexibility index (Phi) is 4.70. The first-order chi connectivity index (χ1) is 12.7. The third-order valence-corrected chi connectivity index (χ3v) is 4.45. The molecule has 0 saturated heterocycles. The molecule has 0 aliphatic carbocycles. The van der Waals surface area contributed by atoms with Crippen LogP contribution in [0.25, 0.3) is 16.8 Å². The Morgan fingerprint density at radius 3 is 2.26 bits per heavy atom. The average molecular weight is 362 g/mol. The molecule has 1 N–H and O–H groups in total. The highest BCUT2D eigenvalue weighted by atomic mass is 16.3. The van der Waals surface area contributed by atoms with Crippen LogP contribution >= 0.6 is 0 Å². The third kappa shape index (κ3) is 3.67. The summed E-state index contributed by atoms with van der Waals surface area (Å²) in [5.41, 5.74) is 2.76. The molecule has 0 amide bonds. The Labute approximate surface area is 157 Å². The molecule has 0 atom stereocenters. The first kappa shape index (κ1) is 18.6. The molecule has 0 unspecified atom stereocenters. The van der Waals surface area contributed by atoms with Crippen molar-refractivity contribution in [1.82, 2.24) is 9.78 Å². The standard InChI is InChI=1S/C22H22N2O3/c1-14(25)20-21(27)19(26)13-24(23-20)18-8-6-5-7-17(18)15-9-11-16(12-10-15)22(2,3)4/h5-13,26H,1-4H3. The predicted molar refractivity (Wildman–Crippen MR) is 106 cm³/mol. The van der Waals surface area contributed by atoms with Crippen molar-refractivity contribution in [3.63, 3.8) is 0 Å². The van der Waals surface area contributed by atoms with E-state index in [2.05, 4.69) is 38.0 Å². The molecule has 0 radical (unpaired) electrons. The van der Waals surface area contributed by atoms with E-state index in [1.807, 2.05) is 36.4 Å². The second-order valence-corrected chi connectivity index (χ2v) is 7.54. The maximum Gasteiger partial charge on any atom is 0.252 e. The number of hydrogen-bond acceptors (Lipinski definition) is 4. The summed E-state index contributed by atoms with van der Waals surface area (Å²) < 4.78 is 1.38. The van der Waals surface area contributed by atoms with Gasteiger partial charge < -0.3 is 5.11 Å². The number of hydrogen-bond donors (Lipinski definition) is 1. The molecule has 1 heterocycles. The smallest absolute Gasteiger partial charge is 0.252 e. The molecular formula is C22H22N2O3. The molecule has 2 aromatic carbocycles. The van der Waals surface area contributed by atoms with Crippen molar-refractivity contribution in [1.29, 1.82) is 0 Å². The Hall–Kier alpha value is -3.21. The minimum absolute atomic E-state index is 0.0560. The van der Waals surface area contributed by atoms with Crippen LogP contribution in [0.2, 0.25) is 0 Å².